The van der Waals surface area contributed by atoms with E-state index in [0.29, 0.717) is 17.2 Å². The lowest BCUT2D eigenvalue weighted by Crippen LogP contribution is -2.14. The number of anilines is 1. The third-order valence-electron chi connectivity index (χ3n) is 5.15. The van der Waals surface area contributed by atoms with E-state index >= 15 is 0 Å². The van der Waals surface area contributed by atoms with Crippen LogP contribution in [0.3, 0.4) is 0 Å². The fraction of sp³-hybridized carbons (Fsp3) is 0.381. The lowest BCUT2D eigenvalue weighted by atomic mass is 9.88. The van der Waals surface area contributed by atoms with Gasteiger partial charge in [-0.1, -0.05) is 6.92 Å². The third-order valence-corrected chi connectivity index (χ3v) is 7.44. The van der Waals surface area contributed by atoms with Crippen molar-refractivity contribution in [2.75, 3.05) is 19.5 Å². The maximum Gasteiger partial charge on any atom is 0.262 e. The molecule has 2 heterocycles. The first kappa shape index (κ1) is 18.4. The third kappa shape index (κ3) is 3.60. The summed E-state index contributed by atoms with van der Waals surface area (Å²) in [6.07, 6.45) is 5.70. The van der Waals surface area contributed by atoms with E-state index in [4.69, 9.17) is 9.47 Å². The van der Waals surface area contributed by atoms with Gasteiger partial charge in [0.1, 0.15) is 0 Å². The van der Waals surface area contributed by atoms with Crippen LogP contribution in [0.2, 0.25) is 0 Å². The van der Waals surface area contributed by atoms with Crippen LogP contribution in [0.25, 0.3) is 6.08 Å². The fourth-order valence-electron chi connectivity index (χ4n) is 3.66. The van der Waals surface area contributed by atoms with Gasteiger partial charge in [0.2, 0.25) is 0 Å². The number of fused-ring (bicyclic) bond motifs is 3. The zero-order valence-electron chi connectivity index (χ0n) is 15.8. The minimum atomic E-state index is -0.0717. The van der Waals surface area contributed by atoms with Crippen molar-refractivity contribution in [3.05, 3.63) is 44.0 Å². The van der Waals surface area contributed by atoms with Gasteiger partial charge in [-0.05, 0) is 54.5 Å². The Bertz CT molecular complexity index is 916. The molecule has 1 amide bonds. The smallest absolute Gasteiger partial charge is 0.262 e. The van der Waals surface area contributed by atoms with Crippen LogP contribution >= 0.6 is 23.1 Å². The molecule has 0 unspecified atom stereocenters. The van der Waals surface area contributed by atoms with Crippen molar-refractivity contribution in [3.63, 3.8) is 0 Å². The molecule has 1 N–H and O–H groups in total. The molecule has 0 fully saturated rings. The summed E-state index contributed by atoms with van der Waals surface area (Å²) in [6.45, 7) is 2.33. The molecule has 0 saturated heterocycles. The Morgan fingerprint density at radius 1 is 1.19 bits per heavy atom. The molecule has 2 aromatic rings. The zero-order valence-corrected chi connectivity index (χ0v) is 17.4. The molecule has 0 radical (unpaired) electrons. The van der Waals surface area contributed by atoms with Crippen molar-refractivity contribution < 1.29 is 14.3 Å². The van der Waals surface area contributed by atoms with E-state index in [1.807, 2.05) is 17.4 Å². The molecule has 1 aliphatic heterocycles. The maximum absolute atomic E-state index is 12.8. The summed E-state index contributed by atoms with van der Waals surface area (Å²) in [6, 6.07) is 5.40. The summed E-state index contributed by atoms with van der Waals surface area (Å²) in [5.41, 5.74) is 3.70. The molecule has 1 aliphatic carbocycles. The lowest BCUT2D eigenvalue weighted by Gasteiger charge is -2.20. The molecule has 0 bridgehead atoms. The van der Waals surface area contributed by atoms with Gasteiger partial charge in [-0.2, -0.15) is 0 Å². The summed E-state index contributed by atoms with van der Waals surface area (Å²) >= 11 is 3.50. The van der Waals surface area contributed by atoms with Crippen molar-refractivity contribution in [2.45, 2.75) is 31.9 Å². The number of thiophene rings is 1. The normalized spacial score (nSPS) is 18.2. The van der Waals surface area contributed by atoms with Gasteiger partial charge in [0.25, 0.3) is 5.91 Å². The van der Waals surface area contributed by atoms with Gasteiger partial charge in [-0.3, -0.25) is 4.79 Å². The molecular formula is C21H23NO3S2. The summed E-state index contributed by atoms with van der Waals surface area (Å²) in [7, 11) is 3.18. The molecule has 142 valence electrons. The zero-order chi connectivity index (χ0) is 19.0. The van der Waals surface area contributed by atoms with Gasteiger partial charge in [-0.25, -0.2) is 0 Å². The Labute approximate surface area is 168 Å². The van der Waals surface area contributed by atoms with Crippen molar-refractivity contribution >= 4 is 40.8 Å². The van der Waals surface area contributed by atoms with Gasteiger partial charge < -0.3 is 14.8 Å². The highest BCUT2D eigenvalue weighted by atomic mass is 32.2. The predicted octanol–water partition coefficient (Wildman–Crippen LogP) is 5.12. The molecule has 4 rings (SSSR count). The van der Waals surface area contributed by atoms with E-state index in [1.54, 1.807) is 43.7 Å². The highest BCUT2D eigenvalue weighted by Crippen LogP contribution is 2.43. The number of carbonyl (C=O) groups is 1. The first-order chi connectivity index (χ1) is 13.1. The van der Waals surface area contributed by atoms with Gasteiger partial charge in [-0.15, -0.1) is 23.1 Å². The number of thioether (sulfide) groups is 1. The number of amides is 1. The minimum Gasteiger partial charge on any atom is -0.493 e. The Kier molecular flexibility index (Phi) is 5.19. The van der Waals surface area contributed by atoms with Gasteiger partial charge >= 0.3 is 0 Å². The maximum atomic E-state index is 12.8. The van der Waals surface area contributed by atoms with Crippen LogP contribution in [-0.2, 0) is 23.4 Å². The lowest BCUT2D eigenvalue weighted by molar-refractivity contribution is -0.112. The molecular weight excluding hydrogens is 378 g/mol. The number of hydrogen-bond donors (Lipinski definition) is 1. The second-order valence-electron chi connectivity index (χ2n) is 7.02. The summed E-state index contributed by atoms with van der Waals surface area (Å²) in [5, 5.41) is 2.98. The molecule has 0 saturated carbocycles. The number of carbonyl (C=O) groups excluding carboxylic acids is 1. The first-order valence-electron chi connectivity index (χ1n) is 9.10. The van der Waals surface area contributed by atoms with Gasteiger partial charge in [0.05, 0.1) is 19.1 Å². The Morgan fingerprint density at radius 3 is 2.78 bits per heavy atom. The standard InChI is InChI=1S/C21H23NO3S2/c1-12-4-6-14-15-11-26-20(10-19(15)27-18(14)8-12)21(23)22-13-5-7-16(24-2)17(9-13)25-3/h5,7,9-10,12H,4,6,8,11H2,1-3H3,(H,22,23)/t12-/m1/s1. The minimum absolute atomic E-state index is 0.0717. The SMILES string of the molecule is COc1ccc(NC(=O)C2=Cc3sc4c(c3CS2)CC[C@@H](C)C4)cc1OC. The van der Waals surface area contributed by atoms with E-state index in [9.17, 15) is 4.79 Å². The number of rotatable bonds is 4. The largest absolute Gasteiger partial charge is 0.493 e. The Balaban J connectivity index is 1.54. The molecule has 6 heteroatoms. The molecule has 1 atom stereocenters. The second-order valence-corrected chi connectivity index (χ2v) is 9.17. The fourth-order valence-corrected chi connectivity index (χ4v) is 6.32. The van der Waals surface area contributed by atoms with Crippen molar-refractivity contribution in [1.29, 1.82) is 0 Å². The predicted molar refractivity (Wildman–Crippen MR) is 113 cm³/mol. The molecule has 1 aromatic heterocycles. The van der Waals surface area contributed by atoms with Crippen LogP contribution in [0.5, 0.6) is 11.5 Å². The van der Waals surface area contributed by atoms with Crippen LogP contribution in [0.15, 0.2) is 23.1 Å². The Morgan fingerprint density at radius 2 is 2.00 bits per heavy atom. The van der Waals surface area contributed by atoms with E-state index in [-0.39, 0.29) is 5.91 Å². The van der Waals surface area contributed by atoms with Crippen LogP contribution < -0.4 is 14.8 Å². The molecule has 4 nitrogen and oxygen atoms in total. The first-order valence-corrected chi connectivity index (χ1v) is 10.9. The average molecular weight is 402 g/mol. The highest BCUT2D eigenvalue weighted by molar-refractivity contribution is 8.03. The van der Waals surface area contributed by atoms with Crippen molar-refractivity contribution in [2.24, 2.45) is 5.92 Å². The van der Waals surface area contributed by atoms with Gasteiger partial charge in [0.15, 0.2) is 11.5 Å². The van der Waals surface area contributed by atoms with Crippen LogP contribution in [-0.4, -0.2) is 20.1 Å². The van der Waals surface area contributed by atoms with Crippen LogP contribution in [0.1, 0.15) is 34.2 Å². The summed E-state index contributed by atoms with van der Waals surface area (Å²) < 4.78 is 10.6. The van der Waals surface area contributed by atoms with Crippen LogP contribution in [0, 0.1) is 5.92 Å². The number of ether oxygens (including phenoxy) is 2. The van der Waals surface area contributed by atoms with E-state index < -0.39 is 0 Å². The van der Waals surface area contributed by atoms with E-state index in [0.717, 1.165) is 16.6 Å². The topological polar surface area (TPSA) is 47.6 Å². The number of benzene rings is 1. The van der Waals surface area contributed by atoms with Crippen molar-refractivity contribution in [3.8, 4) is 11.5 Å². The molecule has 2 aliphatic rings. The van der Waals surface area contributed by atoms with Crippen LogP contribution in [0.4, 0.5) is 5.69 Å². The molecule has 27 heavy (non-hydrogen) atoms. The molecule has 0 spiro atoms. The molecule has 1 aromatic carbocycles. The Hall–Kier alpha value is -1.92. The highest BCUT2D eigenvalue weighted by Gasteiger charge is 2.27. The summed E-state index contributed by atoms with van der Waals surface area (Å²) in [5.74, 6) is 2.83. The average Bonchev–Trinajstić information content (AvgIpc) is 3.04. The monoisotopic (exact) mass is 401 g/mol. The number of nitrogens with one attached hydrogen (secondary N) is 1. The quantitative estimate of drug-likeness (QED) is 0.773. The second kappa shape index (κ2) is 7.60. The van der Waals surface area contributed by atoms with E-state index in [1.165, 1.54) is 34.6 Å². The number of hydrogen-bond acceptors (Lipinski definition) is 5. The van der Waals surface area contributed by atoms with E-state index in [2.05, 4.69) is 18.3 Å². The van der Waals surface area contributed by atoms with Crippen molar-refractivity contribution in [1.82, 2.24) is 0 Å². The summed E-state index contributed by atoms with van der Waals surface area (Å²) in [4.78, 5) is 16.3. The number of methoxy groups -OCH3 is 2. The van der Waals surface area contributed by atoms with Gasteiger partial charge in [0, 0.05) is 27.3 Å².